The van der Waals surface area contributed by atoms with E-state index in [0.717, 1.165) is 25.7 Å². The summed E-state index contributed by atoms with van der Waals surface area (Å²) >= 11 is 11.7. The van der Waals surface area contributed by atoms with E-state index in [1.165, 1.54) is 18.2 Å². The number of benzene rings is 1. The van der Waals surface area contributed by atoms with E-state index in [9.17, 15) is 14.4 Å². The first-order chi connectivity index (χ1) is 11.5. The number of carbonyl (C=O) groups is 3. The number of nitrogens with one attached hydrogen (secondary N) is 3. The predicted molar refractivity (Wildman–Crippen MR) is 92.2 cm³/mol. The Labute approximate surface area is 150 Å². The van der Waals surface area contributed by atoms with E-state index in [1.807, 2.05) is 0 Å². The van der Waals surface area contributed by atoms with Crippen LogP contribution in [-0.4, -0.2) is 36.9 Å². The summed E-state index contributed by atoms with van der Waals surface area (Å²) in [5.41, 5.74) is 0.229. The molecule has 130 valence electrons. The van der Waals surface area contributed by atoms with Crippen molar-refractivity contribution in [3.05, 3.63) is 33.8 Å². The number of rotatable bonds is 6. The molecule has 3 N–H and O–H groups in total. The van der Waals surface area contributed by atoms with Crippen LogP contribution in [0.2, 0.25) is 10.0 Å². The van der Waals surface area contributed by atoms with Crippen molar-refractivity contribution in [3.63, 3.8) is 0 Å². The van der Waals surface area contributed by atoms with Crippen LogP contribution in [0.5, 0.6) is 0 Å². The Hall–Kier alpha value is -1.79. The first-order valence-corrected chi connectivity index (χ1v) is 8.50. The summed E-state index contributed by atoms with van der Waals surface area (Å²) in [5, 5.41) is 8.40. The maximum atomic E-state index is 12.0. The summed E-state index contributed by atoms with van der Waals surface area (Å²) in [7, 11) is 0. The fourth-order valence-electron chi connectivity index (χ4n) is 2.52. The highest BCUT2D eigenvalue weighted by Crippen LogP contribution is 2.20. The Morgan fingerprint density at radius 1 is 1.00 bits per heavy atom. The van der Waals surface area contributed by atoms with E-state index in [1.54, 1.807) is 0 Å². The summed E-state index contributed by atoms with van der Waals surface area (Å²) in [6.45, 7) is -0.346. The lowest BCUT2D eigenvalue weighted by molar-refractivity contribution is -0.125. The summed E-state index contributed by atoms with van der Waals surface area (Å²) < 4.78 is 0. The second kappa shape index (κ2) is 8.89. The summed E-state index contributed by atoms with van der Waals surface area (Å²) in [6, 6.07) is 4.68. The van der Waals surface area contributed by atoms with Crippen LogP contribution >= 0.6 is 23.2 Å². The van der Waals surface area contributed by atoms with Crippen molar-refractivity contribution in [1.29, 1.82) is 0 Å². The number of hydrogen-bond donors (Lipinski definition) is 3. The average Bonchev–Trinajstić information content (AvgIpc) is 3.03. The number of halogens is 2. The molecule has 8 heteroatoms. The lowest BCUT2D eigenvalue weighted by atomic mass is 10.2. The third-order valence-electron chi connectivity index (χ3n) is 3.75. The molecular formula is C16H19Cl2N3O3. The minimum Gasteiger partial charge on any atom is -0.352 e. The fourth-order valence-corrected chi connectivity index (χ4v) is 3.01. The Balaban J connectivity index is 1.70. The zero-order valence-corrected chi connectivity index (χ0v) is 14.5. The fraction of sp³-hybridized carbons (Fsp3) is 0.438. The van der Waals surface area contributed by atoms with Crippen molar-refractivity contribution in [3.8, 4) is 0 Å². The molecule has 0 heterocycles. The van der Waals surface area contributed by atoms with Gasteiger partial charge in [0.15, 0.2) is 0 Å². The van der Waals surface area contributed by atoms with Crippen LogP contribution in [0.15, 0.2) is 18.2 Å². The monoisotopic (exact) mass is 371 g/mol. The van der Waals surface area contributed by atoms with Gasteiger partial charge in [-0.1, -0.05) is 36.0 Å². The Morgan fingerprint density at radius 2 is 1.67 bits per heavy atom. The van der Waals surface area contributed by atoms with Crippen LogP contribution in [0.25, 0.3) is 0 Å². The normalized spacial score (nSPS) is 14.2. The van der Waals surface area contributed by atoms with Crippen molar-refractivity contribution in [2.24, 2.45) is 0 Å². The van der Waals surface area contributed by atoms with E-state index in [4.69, 9.17) is 23.2 Å². The second-order valence-corrected chi connectivity index (χ2v) is 6.48. The summed E-state index contributed by atoms with van der Waals surface area (Å²) in [6.07, 6.45) is 4.21. The van der Waals surface area contributed by atoms with Crippen LogP contribution < -0.4 is 16.0 Å². The first kappa shape index (κ1) is 18.5. The SMILES string of the molecule is O=C(CNC(=O)c1ccc(Cl)cc1Cl)NCC(=O)NC1CCCC1. The van der Waals surface area contributed by atoms with E-state index < -0.39 is 11.8 Å². The van der Waals surface area contributed by atoms with Gasteiger partial charge in [-0.05, 0) is 31.0 Å². The van der Waals surface area contributed by atoms with E-state index in [2.05, 4.69) is 16.0 Å². The molecule has 1 aliphatic rings. The molecule has 2 rings (SSSR count). The first-order valence-electron chi connectivity index (χ1n) is 7.75. The van der Waals surface area contributed by atoms with Crippen molar-refractivity contribution in [1.82, 2.24) is 16.0 Å². The zero-order valence-electron chi connectivity index (χ0n) is 13.0. The molecule has 1 fully saturated rings. The third-order valence-corrected chi connectivity index (χ3v) is 4.30. The average molecular weight is 372 g/mol. The lowest BCUT2D eigenvalue weighted by Crippen LogP contribution is -2.44. The van der Waals surface area contributed by atoms with Crippen molar-refractivity contribution < 1.29 is 14.4 Å². The molecule has 0 atom stereocenters. The van der Waals surface area contributed by atoms with Gasteiger partial charge in [0.25, 0.3) is 5.91 Å². The molecule has 1 aliphatic carbocycles. The van der Waals surface area contributed by atoms with Crippen molar-refractivity contribution in [2.75, 3.05) is 13.1 Å². The van der Waals surface area contributed by atoms with Gasteiger partial charge in [0.1, 0.15) is 0 Å². The number of carbonyl (C=O) groups excluding carboxylic acids is 3. The van der Waals surface area contributed by atoms with Crippen LogP contribution in [0.1, 0.15) is 36.0 Å². The molecule has 0 saturated heterocycles. The highest BCUT2D eigenvalue weighted by atomic mass is 35.5. The Bertz CT molecular complexity index is 631. The smallest absolute Gasteiger partial charge is 0.253 e. The molecule has 6 nitrogen and oxygen atoms in total. The maximum Gasteiger partial charge on any atom is 0.253 e. The van der Waals surface area contributed by atoms with E-state index >= 15 is 0 Å². The van der Waals surface area contributed by atoms with E-state index in [-0.39, 0.29) is 35.6 Å². The molecule has 0 aromatic heterocycles. The molecule has 0 radical (unpaired) electrons. The topological polar surface area (TPSA) is 87.3 Å². The summed E-state index contributed by atoms with van der Waals surface area (Å²) in [4.78, 5) is 35.3. The summed E-state index contributed by atoms with van der Waals surface area (Å²) in [5.74, 6) is -1.15. The molecule has 0 aliphatic heterocycles. The lowest BCUT2D eigenvalue weighted by Gasteiger charge is -2.12. The minimum atomic E-state index is -0.484. The van der Waals surface area contributed by atoms with Crippen molar-refractivity contribution in [2.45, 2.75) is 31.7 Å². The van der Waals surface area contributed by atoms with E-state index in [0.29, 0.717) is 5.02 Å². The van der Waals surface area contributed by atoms with Crippen LogP contribution in [0.4, 0.5) is 0 Å². The van der Waals surface area contributed by atoms with Crippen LogP contribution in [0.3, 0.4) is 0 Å². The number of amides is 3. The van der Waals surface area contributed by atoms with Crippen LogP contribution in [-0.2, 0) is 9.59 Å². The zero-order chi connectivity index (χ0) is 17.5. The van der Waals surface area contributed by atoms with Crippen LogP contribution in [0, 0.1) is 0 Å². The third kappa shape index (κ3) is 5.69. The molecule has 3 amide bonds. The van der Waals surface area contributed by atoms with Crippen molar-refractivity contribution >= 4 is 40.9 Å². The van der Waals surface area contributed by atoms with Gasteiger partial charge in [-0.15, -0.1) is 0 Å². The molecule has 0 spiro atoms. The highest BCUT2D eigenvalue weighted by molar-refractivity contribution is 6.36. The molecule has 1 saturated carbocycles. The molecule has 0 bridgehead atoms. The Morgan fingerprint density at radius 3 is 2.33 bits per heavy atom. The van der Waals surface area contributed by atoms with Gasteiger partial charge in [-0.3, -0.25) is 14.4 Å². The molecular weight excluding hydrogens is 353 g/mol. The molecule has 24 heavy (non-hydrogen) atoms. The van der Waals surface area contributed by atoms with Gasteiger partial charge in [0.05, 0.1) is 23.7 Å². The van der Waals surface area contributed by atoms with Gasteiger partial charge in [-0.2, -0.15) is 0 Å². The molecule has 0 unspecified atom stereocenters. The standard InChI is InChI=1S/C16H19Cl2N3O3/c17-10-5-6-12(13(18)7-10)16(24)20-8-14(22)19-9-15(23)21-11-3-1-2-4-11/h5-7,11H,1-4,8-9H2,(H,19,22)(H,20,24)(H,21,23). The van der Waals surface area contributed by atoms with Gasteiger partial charge < -0.3 is 16.0 Å². The maximum absolute atomic E-state index is 12.0. The molecule has 1 aromatic carbocycles. The van der Waals surface area contributed by atoms with Gasteiger partial charge in [0.2, 0.25) is 11.8 Å². The minimum absolute atomic E-state index is 0.104. The largest absolute Gasteiger partial charge is 0.352 e. The number of hydrogen-bond acceptors (Lipinski definition) is 3. The van der Waals surface area contributed by atoms with Gasteiger partial charge >= 0.3 is 0 Å². The predicted octanol–water partition coefficient (Wildman–Crippen LogP) is 1.90. The van der Waals surface area contributed by atoms with Gasteiger partial charge in [0, 0.05) is 11.1 Å². The highest BCUT2D eigenvalue weighted by Gasteiger charge is 2.17. The molecule has 1 aromatic rings. The van der Waals surface area contributed by atoms with Gasteiger partial charge in [-0.25, -0.2) is 0 Å². The Kier molecular flexibility index (Phi) is 6.87. The quantitative estimate of drug-likeness (QED) is 0.713. The second-order valence-electron chi connectivity index (χ2n) is 5.63.